The van der Waals surface area contributed by atoms with Gasteiger partial charge in [-0.15, -0.1) is 11.3 Å². The smallest absolute Gasteiger partial charge is 0.229 e. The maximum atomic E-state index is 12.8. The van der Waals surface area contributed by atoms with E-state index in [1.165, 1.54) is 28.4 Å². The third-order valence-electron chi connectivity index (χ3n) is 11.7. The Morgan fingerprint density at radius 2 is 1.72 bits per heavy atom. The molecule has 1 fully saturated rings. The predicted octanol–water partition coefficient (Wildman–Crippen LogP) is 11.0. The van der Waals surface area contributed by atoms with E-state index in [2.05, 4.69) is 103 Å². The second-order valence-corrected chi connectivity index (χ2v) is 17.4. The van der Waals surface area contributed by atoms with Crippen LogP contribution in [0.3, 0.4) is 0 Å². The van der Waals surface area contributed by atoms with Crippen LogP contribution in [-0.2, 0) is 22.8 Å². The number of aliphatic imine (C=N–C) groups is 1. The lowest BCUT2D eigenvalue weighted by Gasteiger charge is -2.30. The summed E-state index contributed by atoms with van der Waals surface area (Å²) in [7, 11) is 0. The van der Waals surface area contributed by atoms with Crippen LogP contribution in [0.15, 0.2) is 113 Å². The van der Waals surface area contributed by atoms with Gasteiger partial charge >= 0.3 is 0 Å². The summed E-state index contributed by atoms with van der Waals surface area (Å²) in [6.07, 6.45) is 18.7. The minimum Gasteiger partial charge on any atom is -0.486 e. The molecule has 6 heterocycles. The average Bonchev–Trinajstić information content (AvgIpc) is 4.04. The van der Waals surface area contributed by atoms with E-state index in [4.69, 9.17) is 21.3 Å². The lowest BCUT2D eigenvalue weighted by Crippen LogP contribution is -2.36. The van der Waals surface area contributed by atoms with Gasteiger partial charge < -0.3 is 20.3 Å². The number of nitrogens with one attached hydrogen (secondary N) is 2. The van der Waals surface area contributed by atoms with Gasteiger partial charge in [-0.2, -0.15) is 4.58 Å². The lowest BCUT2D eigenvalue weighted by atomic mass is 10.0. The van der Waals surface area contributed by atoms with Gasteiger partial charge in [-0.05, 0) is 115 Å². The number of nitrogens with zero attached hydrogens (tertiary/aromatic N) is 4. The van der Waals surface area contributed by atoms with Crippen LogP contribution in [0.4, 0.5) is 17.1 Å². The first-order chi connectivity index (χ1) is 29.9. The quantitative estimate of drug-likeness (QED) is 0.0809. The molecule has 0 atom stereocenters. The minimum absolute atomic E-state index is 0.0351. The maximum absolute atomic E-state index is 12.8. The molecule has 2 aromatic heterocycles. The number of benzene rings is 3. The van der Waals surface area contributed by atoms with Crippen molar-refractivity contribution in [1.82, 2.24) is 14.8 Å². The van der Waals surface area contributed by atoms with E-state index in [1.807, 2.05) is 42.5 Å². The first-order valence-corrected chi connectivity index (χ1v) is 22.7. The molecule has 4 aliphatic heterocycles. The molecule has 11 heteroatoms. The molecule has 310 valence electrons. The number of anilines is 2. The number of unbranched alkanes of at least 4 members (excludes halogenated alkanes) is 3. The van der Waals surface area contributed by atoms with Crippen molar-refractivity contribution in [3.63, 3.8) is 0 Å². The van der Waals surface area contributed by atoms with Gasteiger partial charge in [0.2, 0.25) is 24.0 Å². The van der Waals surface area contributed by atoms with Gasteiger partial charge in [0.25, 0.3) is 0 Å². The number of amidine groups is 1. The maximum Gasteiger partial charge on any atom is 0.229 e. The summed E-state index contributed by atoms with van der Waals surface area (Å²) < 4.78 is 10.5. The van der Waals surface area contributed by atoms with Crippen molar-refractivity contribution in [1.29, 1.82) is 0 Å². The van der Waals surface area contributed by atoms with Gasteiger partial charge in [0.15, 0.2) is 5.78 Å². The molecule has 1 amide bonds. The molecule has 0 radical (unpaired) electrons. The number of carbonyl (C=O) groups is 2. The van der Waals surface area contributed by atoms with Crippen molar-refractivity contribution < 1.29 is 18.9 Å². The Kier molecular flexibility index (Phi) is 12.4. The summed E-state index contributed by atoms with van der Waals surface area (Å²) in [4.78, 5) is 34.2. The number of carbonyl (C=O) groups excluding carboxylic acids is 2. The molecular weight excluding hydrogens is 800 g/mol. The molecule has 9 nitrogen and oxygen atoms in total. The summed E-state index contributed by atoms with van der Waals surface area (Å²) in [5.74, 6) is 1.75. The van der Waals surface area contributed by atoms with Gasteiger partial charge in [-0.3, -0.25) is 14.2 Å². The average molecular weight is 851 g/mol. The minimum atomic E-state index is 0.0351. The van der Waals surface area contributed by atoms with Gasteiger partial charge in [0.05, 0.1) is 21.9 Å². The summed E-state index contributed by atoms with van der Waals surface area (Å²) in [5, 5.41) is 9.45. The normalized spacial score (nSPS) is 15.3. The summed E-state index contributed by atoms with van der Waals surface area (Å²) >= 11 is 8.11. The Hall–Kier alpha value is -5.97. The van der Waals surface area contributed by atoms with Gasteiger partial charge in [-0.1, -0.05) is 54.8 Å². The van der Waals surface area contributed by atoms with Crippen molar-refractivity contribution in [2.24, 2.45) is 4.99 Å². The summed E-state index contributed by atoms with van der Waals surface area (Å²) in [6.45, 7) is 3.22. The fourth-order valence-electron chi connectivity index (χ4n) is 8.34. The van der Waals surface area contributed by atoms with Crippen LogP contribution in [0, 0.1) is 0 Å². The second-order valence-electron chi connectivity index (χ2n) is 16.0. The number of halogens is 1. The zero-order chi connectivity index (χ0) is 41.5. The number of thiophene rings is 1. The van der Waals surface area contributed by atoms with E-state index >= 15 is 0 Å². The first kappa shape index (κ1) is 40.4. The van der Waals surface area contributed by atoms with E-state index in [0.717, 1.165) is 104 Å². The van der Waals surface area contributed by atoms with Crippen LogP contribution in [-0.4, -0.2) is 57.0 Å². The number of ether oxygens (including phenoxy) is 1. The molecule has 0 bridgehead atoms. The number of fused-ring (bicyclic) bond motifs is 4. The summed E-state index contributed by atoms with van der Waals surface area (Å²) in [6, 6.07) is 28.5. The molecule has 9 rings (SSSR count). The number of aromatic nitrogens is 1. The number of ketones is 1. The molecule has 2 N–H and O–H groups in total. The molecule has 4 aliphatic rings. The van der Waals surface area contributed by atoms with Crippen molar-refractivity contribution in [2.75, 3.05) is 25.0 Å². The third kappa shape index (κ3) is 9.66. The highest BCUT2D eigenvalue weighted by atomic mass is 35.5. The van der Waals surface area contributed by atoms with Crippen molar-refractivity contribution >= 4 is 81.5 Å². The fraction of sp³-hybridized carbons (Fsp3) is 0.280. The number of piperidine rings is 1. The second kappa shape index (κ2) is 18.7. The molecule has 61 heavy (non-hydrogen) atoms. The number of rotatable bonds is 15. The van der Waals surface area contributed by atoms with E-state index < -0.39 is 0 Å². The van der Waals surface area contributed by atoms with Crippen LogP contribution in [0.2, 0.25) is 5.02 Å². The Morgan fingerprint density at radius 3 is 2.56 bits per heavy atom. The van der Waals surface area contributed by atoms with Crippen molar-refractivity contribution in [3.05, 3.63) is 146 Å². The van der Waals surface area contributed by atoms with E-state index in [9.17, 15) is 9.59 Å². The van der Waals surface area contributed by atoms with Crippen LogP contribution in [0.5, 0.6) is 5.75 Å². The zero-order valence-corrected chi connectivity index (χ0v) is 35.8. The molecule has 0 unspecified atom stereocenters. The molecular formula is C50H50ClN6O3S+. The van der Waals surface area contributed by atoms with Gasteiger partial charge in [-0.25, -0.2) is 4.99 Å². The number of amides is 1. The predicted molar refractivity (Wildman–Crippen MR) is 248 cm³/mol. The summed E-state index contributed by atoms with van der Waals surface area (Å²) in [5.41, 5.74) is 10.7. The van der Waals surface area contributed by atoms with Crippen LogP contribution in [0.1, 0.15) is 90.7 Å². The zero-order valence-electron chi connectivity index (χ0n) is 34.2. The highest BCUT2D eigenvalue weighted by molar-refractivity contribution is 7.12. The number of hydrogen-bond donors (Lipinski definition) is 2. The van der Waals surface area contributed by atoms with Crippen LogP contribution < -0.4 is 15.4 Å². The highest BCUT2D eigenvalue weighted by Crippen LogP contribution is 2.37. The molecule has 0 aliphatic carbocycles. The Bertz CT molecular complexity index is 2580. The standard InChI is InChI=1S/C50H49ClN6O3S/c51-37-16-24-45-46(30-37)54-50(55-26-6-3-7-27-55)43-29-36(15-23-44(43)53-45)32-52-49(59)11-5-2-1-4-9-41(58)33-60-42-21-13-35(14-22-42)12-17-38-18-19-39-31-40-20-25-47(48-10-8-28-61-48)57(40)34-56(38)39/h8,10,12-25,28-31H,1-7,9,11,26-27,32-34H2,(H-,52,53,54,59)/p+1/b17-12+. The van der Waals surface area contributed by atoms with Crippen LogP contribution in [0.25, 0.3) is 18.2 Å². The molecule has 0 spiro atoms. The fourth-order valence-corrected chi connectivity index (χ4v) is 9.27. The first-order valence-electron chi connectivity index (χ1n) is 21.4. The number of allylic oxidation sites excluding steroid dienone is 2. The van der Waals surface area contributed by atoms with Crippen molar-refractivity contribution in [2.45, 2.75) is 71.0 Å². The molecule has 1 saturated heterocycles. The largest absolute Gasteiger partial charge is 0.486 e. The van der Waals surface area contributed by atoms with Crippen LogP contribution >= 0.6 is 22.9 Å². The Balaban J connectivity index is 0.680. The van der Waals surface area contributed by atoms with E-state index in [-0.39, 0.29) is 18.3 Å². The highest BCUT2D eigenvalue weighted by Gasteiger charge is 2.30. The molecule has 3 aromatic carbocycles. The van der Waals surface area contributed by atoms with E-state index in [1.54, 1.807) is 11.3 Å². The van der Waals surface area contributed by atoms with Gasteiger partial charge in [0, 0.05) is 72.7 Å². The Labute approximate surface area is 366 Å². The Morgan fingerprint density at radius 1 is 0.885 bits per heavy atom. The number of hydrogen-bond acceptors (Lipinski definition) is 7. The van der Waals surface area contributed by atoms with Crippen molar-refractivity contribution in [3.8, 4) is 5.75 Å². The SMILES string of the molecule is O=C(CCCCCCC(=O)NCc1ccc2c(c1)C(N1CCCCC1)=Nc1cc(Cl)ccc1N2)COc1ccc(/C=C/c2ccc3n2C[N+]2=C(c4cccs4)C=CC2=C3)cc1. The topological polar surface area (TPSA) is 91.0 Å². The molecule has 0 saturated carbocycles. The lowest BCUT2D eigenvalue weighted by molar-refractivity contribution is -0.503. The van der Waals surface area contributed by atoms with Gasteiger partial charge in [0.1, 0.15) is 18.2 Å². The number of likely N-dealkylation sites (tertiary alicyclic amines) is 1. The molecule has 5 aromatic rings. The monoisotopic (exact) mass is 849 g/mol. The van der Waals surface area contributed by atoms with E-state index in [0.29, 0.717) is 30.2 Å². The number of Topliss-reactive ketones (excluding diaryl/α,β-unsaturated/α-hetero) is 1. The third-order valence-corrected chi connectivity index (χ3v) is 12.8.